The van der Waals surface area contributed by atoms with Crippen LogP contribution in [0, 0.1) is 6.92 Å². The van der Waals surface area contributed by atoms with Gasteiger partial charge in [-0.25, -0.2) is 0 Å². The molecule has 0 saturated heterocycles. The minimum atomic E-state index is 0.768. The number of hydrogen-bond acceptors (Lipinski definition) is 2. The van der Waals surface area contributed by atoms with Crippen LogP contribution >= 0.6 is 0 Å². The van der Waals surface area contributed by atoms with Crippen LogP contribution in [0.1, 0.15) is 36.9 Å². The zero-order valence-corrected chi connectivity index (χ0v) is 13.8. The van der Waals surface area contributed by atoms with Crippen molar-refractivity contribution in [3.63, 3.8) is 0 Å². The molecule has 0 radical (unpaired) electrons. The number of pyridine rings is 1. The van der Waals surface area contributed by atoms with Crippen molar-refractivity contribution in [2.24, 2.45) is 0 Å². The van der Waals surface area contributed by atoms with Crippen LogP contribution in [0.25, 0.3) is 23.3 Å². The van der Waals surface area contributed by atoms with Gasteiger partial charge in [0.25, 0.3) is 0 Å². The molecule has 2 heteroatoms. The standard InChI is InChI=1S/C21H24N2/c1-15-20(10-13-23-19-8-9-19)21(11-12-22-15)18-7-6-16-4-2-3-5-17(16)14-18/h4-7,11-12,14,19,23H,2-3,8-10,13H2,1H3. The van der Waals surface area contributed by atoms with Crippen molar-refractivity contribution in [2.45, 2.75) is 45.1 Å². The second-order valence-corrected chi connectivity index (χ2v) is 6.73. The van der Waals surface area contributed by atoms with Gasteiger partial charge in [0, 0.05) is 17.9 Å². The van der Waals surface area contributed by atoms with Gasteiger partial charge >= 0.3 is 0 Å². The van der Waals surface area contributed by atoms with Gasteiger partial charge in [-0.3, -0.25) is 4.98 Å². The van der Waals surface area contributed by atoms with Crippen LogP contribution in [0.2, 0.25) is 0 Å². The van der Waals surface area contributed by atoms with Gasteiger partial charge in [0.1, 0.15) is 0 Å². The molecule has 23 heavy (non-hydrogen) atoms. The summed E-state index contributed by atoms with van der Waals surface area (Å²) in [5.74, 6) is 0. The van der Waals surface area contributed by atoms with Crippen molar-refractivity contribution >= 4 is 12.2 Å². The largest absolute Gasteiger partial charge is 0.314 e. The highest BCUT2D eigenvalue weighted by molar-refractivity contribution is 5.68. The average Bonchev–Trinajstić information content (AvgIpc) is 3.40. The number of nitrogens with one attached hydrogen (secondary N) is 1. The van der Waals surface area contributed by atoms with Crippen molar-refractivity contribution in [3.8, 4) is 11.1 Å². The molecule has 4 rings (SSSR count). The maximum atomic E-state index is 4.52. The van der Waals surface area contributed by atoms with Crippen LogP contribution in [-0.4, -0.2) is 17.6 Å². The van der Waals surface area contributed by atoms with E-state index < -0.39 is 0 Å². The number of hydrogen-bond donors (Lipinski definition) is 1. The molecule has 1 aromatic carbocycles. The van der Waals surface area contributed by atoms with Crippen LogP contribution in [-0.2, 0) is 6.42 Å². The van der Waals surface area contributed by atoms with Crippen LogP contribution in [0.5, 0.6) is 0 Å². The zero-order chi connectivity index (χ0) is 15.6. The van der Waals surface area contributed by atoms with Gasteiger partial charge in [-0.2, -0.15) is 0 Å². The fraction of sp³-hybridized carbons (Fsp3) is 0.381. The van der Waals surface area contributed by atoms with E-state index in [0.717, 1.165) is 31.1 Å². The molecule has 0 amide bonds. The third-order valence-electron chi connectivity index (χ3n) is 4.95. The molecule has 0 unspecified atom stereocenters. The highest BCUT2D eigenvalue weighted by atomic mass is 14.9. The minimum absolute atomic E-state index is 0.768. The van der Waals surface area contributed by atoms with Crippen LogP contribution < -0.4 is 15.8 Å². The molecule has 2 aliphatic carbocycles. The Morgan fingerprint density at radius 1 is 1.09 bits per heavy atom. The summed E-state index contributed by atoms with van der Waals surface area (Å²) >= 11 is 0. The number of benzene rings is 1. The molecule has 2 aromatic rings. The quantitative estimate of drug-likeness (QED) is 0.919. The summed E-state index contributed by atoms with van der Waals surface area (Å²) in [6, 6.07) is 9.82. The fourth-order valence-electron chi connectivity index (χ4n) is 3.45. The molecule has 1 heterocycles. The first-order chi connectivity index (χ1) is 11.3. The number of aromatic nitrogens is 1. The second kappa shape index (κ2) is 6.29. The van der Waals surface area contributed by atoms with E-state index in [1.807, 2.05) is 6.20 Å². The first-order valence-electron chi connectivity index (χ1n) is 8.80. The topological polar surface area (TPSA) is 24.9 Å². The van der Waals surface area contributed by atoms with Crippen LogP contribution in [0.3, 0.4) is 0 Å². The Morgan fingerprint density at radius 2 is 1.91 bits per heavy atom. The molecule has 1 saturated carbocycles. The average molecular weight is 304 g/mol. The van der Waals surface area contributed by atoms with Crippen LogP contribution in [0.15, 0.2) is 30.5 Å². The fourth-order valence-corrected chi connectivity index (χ4v) is 3.45. The predicted molar refractivity (Wildman–Crippen MR) is 96.6 cm³/mol. The smallest absolute Gasteiger partial charge is 0.0411 e. The molecule has 0 aliphatic heterocycles. The van der Waals surface area contributed by atoms with E-state index in [0.29, 0.717) is 0 Å². The molecule has 1 fully saturated rings. The summed E-state index contributed by atoms with van der Waals surface area (Å²) < 4.78 is 0. The summed E-state index contributed by atoms with van der Waals surface area (Å²) in [5, 5.41) is 6.38. The number of fused-ring (bicyclic) bond motifs is 1. The van der Waals surface area contributed by atoms with Gasteiger partial charge in [-0.15, -0.1) is 0 Å². The van der Waals surface area contributed by atoms with Crippen molar-refractivity contribution in [2.75, 3.05) is 6.54 Å². The first kappa shape index (κ1) is 14.6. The molecular weight excluding hydrogens is 280 g/mol. The van der Waals surface area contributed by atoms with E-state index in [9.17, 15) is 0 Å². The Kier molecular flexibility index (Phi) is 4.00. The van der Waals surface area contributed by atoms with E-state index in [4.69, 9.17) is 0 Å². The Bertz CT molecular complexity index is 831. The number of aryl methyl sites for hydroxylation is 1. The van der Waals surface area contributed by atoms with E-state index >= 15 is 0 Å². The molecule has 118 valence electrons. The maximum absolute atomic E-state index is 4.52. The lowest BCUT2D eigenvalue weighted by Gasteiger charge is -2.13. The highest BCUT2D eigenvalue weighted by Crippen LogP contribution is 2.25. The Morgan fingerprint density at radius 3 is 2.74 bits per heavy atom. The summed E-state index contributed by atoms with van der Waals surface area (Å²) in [6.07, 6.45) is 12.7. The Balaban J connectivity index is 1.69. The van der Waals surface area contributed by atoms with E-state index in [-0.39, 0.29) is 0 Å². The number of rotatable bonds is 5. The molecule has 0 spiro atoms. The first-order valence-corrected chi connectivity index (χ1v) is 8.80. The summed E-state index contributed by atoms with van der Waals surface area (Å²) in [5.41, 5.74) is 5.22. The molecule has 2 aliphatic rings. The van der Waals surface area contributed by atoms with Crippen molar-refractivity contribution in [1.82, 2.24) is 10.3 Å². The molecule has 1 N–H and O–H groups in total. The normalized spacial score (nSPS) is 16.4. The second-order valence-electron chi connectivity index (χ2n) is 6.73. The predicted octanol–water partition coefficient (Wildman–Crippen LogP) is 2.71. The Hall–Kier alpha value is -1.93. The number of nitrogens with zero attached hydrogens (tertiary/aromatic N) is 1. The van der Waals surface area contributed by atoms with Gasteiger partial charge in [-0.1, -0.05) is 24.3 Å². The lowest BCUT2D eigenvalue weighted by molar-refractivity contribution is 0.680. The van der Waals surface area contributed by atoms with Gasteiger partial charge < -0.3 is 5.32 Å². The lowest BCUT2D eigenvalue weighted by atomic mass is 9.95. The van der Waals surface area contributed by atoms with E-state index in [2.05, 4.69) is 53.6 Å². The van der Waals surface area contributed by atoms with Crippen molar-refractivity contribution in [1.29, 1.82) is 0 Å². The maximum Gasteiger partial charge on any atom is 0.0411 e. The van der Waals surface area contributed by atoms with Crippen LogP contribution in [0.4, 0.5) is 0 Å². The minimum Gasteiger partial charge on any atom is -0.314 e. The van der Waals surface area contributed by atoms with Gasteiger partial charge in [0.05, 0.1) is 0 Å². The van der Waals surface area contributed by atoms with Gasteiger partial charge in [-0.05, 0) is 84.8 Å². The molecular formula is C21H24N2. The van der Waals surface area contributed by atoms with E-state index in [1.54, 1.807) is 0 Å². The highest BCUT2D eigenvalue weighted by Gasteiger charge is 2.20. The zero-order valence-electron chi connectivity index (χ0n) is 13.8. The summed E-state index contributed by atoms with van der Waals surface area (Å²) in [6.45, 7) is 3.18. The SMILES string of the molecule is Cc1nccc(-c2ccc3c(c2)=CCCC=3)c1CCNC1CC1. The van der Waals surface area contributed by atoms with Crippen molar-refractivity contribution in [3.05, 3.63) is 52.2 Å². The lowest BCUT2D eigenvalue weighted by Crippen LogP contribution is -2.26. The third-order valence-corrected chi connectivity index (χ3v) is 4.95. The molecule has 1 aromatic heterocycles. The Labute approximate surface area is 138 Å². The summed E-state index contributed by atoms with van der Waals surface area (Å²) in [7, 11) is 0. The summed E-state index contributed by atoms with van der Waals surface area (Å²) in [4.78, 5) is 4.52. The van der Waals surface area contributed by atoms with Crippen molar-refractivity contribution < 1.29 is 0 Å². The van der Waals surface area contributed by atoms with Gasteiger partial charge in [0.15, 0.2) is 0 Å². The molecule has 0 atom stereocenters. The molecule has 2 nitrogen and oxygen atoms in total. The van der Waals surface area contributed by atoms with Gasteiger partial charge in [0.2, 0.25) is 0 Å². The third kappa shape index (κ3) is 3.23. The van der Waals surface area contributed by atoms with E-state index in [1.165, 1.54) is 46.4 Å². The monoisotopic (exact) mass is 304 g/mol. The molecule has 0 bridgehead atoms.